The van der Waals surface area contributed by atoms with Gasteiger partial charge in [-0.25, -0.2) is 0 Å². The molecule has 0 aliphatic carbocycles. The largest absolute Gasteiger partial charge is 0.482 e. The summed E-state index contributed by atoms with van der Waals surface area (Å²) in [6.45, 7) is 7.98. The molecule has 1 aromatic heterocycles. The lowest BCUT2D eigenvalue weighted by atomic mass is 10.1. The molecule has 1 aliphatic rings. The highest BCUT2D eigenvalue weighted by atomic mass is 16.5. The van der Waals surface area contributed by atoms with Crippen molar-refractivity contribution in [2.45, 2.75) is 40.7 Å². The summed E-state index contributed by atoms with van der Waals surface area (Å²) in [7, 11) is 0. The van der Waals surface area contributed by atoms with Gasteiger partial charge in [-0.3, -0.25) is 9.59 Å². The lowest BCUT2D eigenvalue weighted by Gasteiger charge is -2.29. The zero-order chi connectivity index (χ0) is 18.8. The number of fused-ring (bicyclic) bond motifs is 1. The van der Waals surface area contributed by atoms with Crippen molar-refractivity contribution in [3.63, 3.8) is 0 Å². The second kappa shape index (κ2) is 7.19. The van der Waals surface area contributed by atoms with Gasteiger partial charge in [0, 0.05) is 17.7 Å². The van der Waals surface area contributed by atoms with Gasteiger partial charge in [-0.2, -0.15) is 0 Å². The first-order chi connectivity index (χ1) is 12.3. The molecule has 1 aliphatic heterocycles. The monoisotopic (exact) mass is 357 g/mol. The molecule has 0 saturated carbocycles. The molecule has 0 saturated heterocycles. The topological polar surface area (TPSA) is 84.7 Å². The van der Waals surface area contributed by atoms with Crippen molar-refractivity contribution in [1.82, 2.24) is 5.16 Å². The van der Waals surface area contributed by atoms with Crippen LogP contribution in [0.3, 0.4) is 0 Å². The van der Waals surface area contributed by atoms with E-state index in [1.54, 1.807) is 23.1 Å². The highest BCUT2D eigenvalue weighted by Gasteiger charge is 2.28. The Bertz CT molecular complexity index is 822. The smallest absolute Gasteiger partial charge is 0.265 e. The zero-order valence-corrected chi connectivity index (χ0v) is 15.5. The molecule has 2 heterocycles. The average Bonchev–Trinajstić information content (AvgIpc) is 2.88. The number of anilines is 2. The number of hydrogen-bond donors (Lipinski definition) is 1. The third-order valence-electron chi connectivity index (χ3n) is 4.28. The second-order valence-corrected chi connectivity index (χ2v) is 6.90. The number of nitrogens with one attached hydrogen (secondary N) is 1. The summed E-state index contributed by atoms with van der Waals surface area (Å²) in [5, 5.41) is 6.82. The third-order valence-corrected chi connectivity index (χ3v) is 4.28. The maximum Gasteiger partial charge on any atom is 0.265 e. The van der Waals surface area contributed by atoms with Gasteiger partial charge >= 0.3 is 0 Å². The maximum atomic E-state index is 12.4. The van der Waals surface area contributed by atoms with Crippen molar-refractivity contribution < 1.29 is 18.8 Å². The van der Waals surface area contributed by atoms with Crippen molar-refractivity contribution in [3.8, 4) is 5.75 Å². The first kappa shape index (κ1) is 18.0. The Morgan fingerprint density at radius 1 is 1.35 bits per heavy atom. The molecule has 1 aromatic carbocycles. The molecule has 2 amide bonds. The molecule has 0 fully saturated rings. The molecule has 0 radical (unpaired) electrons. The Kier molecular flexibility index (Phi) is 4.97. The van der Waals surface area contributed by atoms with Crippen LogP contribution in [0.1, 0.15) is 37.3 Å². The SMILES string of the molecule is Cc1noc(C)c1CN1C(=O)COc2ccc(NC(=O)CC(C)C)cc21. The van der Waals surface area contributed by atoms with Crippen LogP contribution in [-0.2, 0) is 16.1 Å². The van der Waals surface area contributed by atoms with E-state index in [-0.39, 0.29) is 24.3 Å². The summed E-state index contributed by atoms with van der Waals surface area (Å²) in [6, 6.07) is 5.32. The van der Waals surface area contributed by atoms with E-state index in [2.05, 4.69) is 10.5 Å². The highest BCUT2D eigenvalue weighted by Crippen LogP contribution is 2.36. The molecular formula is C19H23N3O4. The number of amides is 2. The van der Waals surface area contributed by atoms with Gasteiger partial charge in [0.05, 0.1) is 17.9 Å². The Balaban J connectivity index is 1.88. The summed E-state index contributed by atoms with van der Waals surface area (Å²) >= 11 is 0. The van der Waals surface area contributed by atoms with Crippen LogP contribution in [0.4, 0.5) is 11.4 Å². The Morgan fingerprint density at radius 2 is 2.12 bits per heavy atom. The van der Waals surface area contributed by atoms with E-state index >= 15 is 0 Å². The number of rotatable bonds is 5. The molecule has 2 aromatic rings. The lowest BCUT2D eigenvalue weighted by molar-refractivity contribution is -0.121. The molecule has 7 heteroatoms. The van der Waals surface area contributed by atoms with Gasteiger partial charge in [0.2, 0.25) is 5.91 Å². The maximum absolute atomic E-state index is 12.4. The second-order valence-electron chi connectivity index (χ2n) is 6.90. The van der Waals surface area contributed by atoms with Crippen molar-refractivity contribution in [1.29, 1.82) is 0 Å². The number of nitrogens with zero attached hydrogens (tertiary/aromatic N) is 2. The Morgan fingerprint density at radius 3 is 2.77 bits per heavy atom. The number of aryl methyl sites for hydroxylation is 2. The van der Waals surface area contributed by atoms with E-state index in [4.69, 9.17) is 9.26 Å². The first-order valence-corrected chi connectivity index (χ1v) is 8.64. The number of carbonyl (C=O) groups is 2. The van der Waals surface area contributed by atoms with Crippen molar-refractivity contribution in [2.24, 2.45) is 5.92 Å². The van der Waals surface area contributed by atoms with Crippen molar-refractivity contribution in [3.05, 3.63) is 35.2 Å². The standard InChI is InChI=1S/C19H23N3O4/c1-11(2)7-18(23)20-14-5-6-17-16(8-14)22(19(24)10-25-17)9-15-12(3)21-26-13(15)4/h5-6,8,11H,7,9-10H2,1-4H3,(H,20,23). The zero-order valence-electron chi connectivity index (χ0n) is 15.5. The van der Waals surface area contributed by atoms with Crippen molar-refractivity contribution >= 4 is 23.2 Å². The van der Waals surface area contributed by atoms with Crippen LogP contribution in [0.5, 0.6) is 5.75 Å². The minimum atomic E-state index is -0.150. The van der Waals surface area contributed by atoms with Crippen molar-refractivity contribution in [2.75, 3.05) is 16.8 Å². The minimum absolute atomic E-state index is 0.0184. The molecule has 0 bridgehead atoms. The van der Waals surface area contributed by atoms with Crippen LogP contribution < -0.4 is 15.0 Å². The van der Waals surface area contributed by atoms with E-state index in [0.29, 0.717) is 35.9 Å². The molecule has 138 valence electrons. The van der Waals surface area contributed by atoms with Crippen LogP contribution in [0.25, 0.3) is 0 Å². The number of aromatic nitrogens is 1. The normalized spacial score (nSPS) is 13.6. The molecule has 1 N–H and O–H groups in total. The molecule has 3 rings (SSSR count). The van der Waals surface area contributed by atoms with Crippen LogP contribution in [0.2, 0.25) is 0 Å². The van der Waals surface area contributed by atoms with Crippen LogP contribution >= 0.6 is 0 Å². The van der Waals surface area contributed by atoms with Gasteiger partial charge in [-0.05, 0) is 38.0 Å². The van der Waals surface area contributed by atoms with Gasteiger partial charge < -0.3 is 19.5 Å². The fraction of sp³-hybridized carbons (Fsp3) is 0.421. The minimum Gasteiger partial charge on any atom is -0.482 e. The summed E-state index contributed by atoms with van der Waals surface area (Å²) in [5.74, 6) is 1.36. The van der Waals surface area contributed by atoms with E-state index in [0.717, 1.165) is 11.3 Å². The Labute approximate surface area is 152 Å². The number of ether oxygens (including phenoxy) is 1. The van der Waals surface area contributed by atoms with Gasteiger partial charge in [0.25, 0.3) is 5.91 Å². The quantitative estimate of drug-likeness (QED) is 0.888. The fourth-order valence-corrected chi connectivity index (χ4v) is 2.92. The summed E-state index contributed by atoms with van der Waals surface area (Å²) in [5.41, 5.74) is 2.89. The molecule has 0 spiro atoms. The van der Waals surface area contributed by atoms with Gasteiger partial charge in [0.15, 0.2) is 6.61 Å². The van der Waals surface area contributed by atoms with E-state index in [9.17, 15) is 9.59 Å². The molecule has 0 unspecified atom stereocenters. The third kappa shape index (κ3) is 3.71. The predicted octanol–water partition coefficient (Wildman–Crippen LogP) is 3.20. The molecule has 0 atom stereocenters. The van der Waals surface area contributed by atoms with E-state index in [1.165, 1.54) is 0 Å². The summed E-state index contributed by atoms with van der Waals surface area (Å²) < 4.78 is 10.7. The fourth-order valence-electron chi connectivity index (χ4n) is 2.92. The first-order valence-electron chi connectivity index (χ1n) is 8.64. The summed E-state index contributed by atoms with van der Waals surface area (Å²) in [4.78, 5) is 26.1. The van der Waals surface area contributed by atoms with Gasteiger partial charge in [-0.1, -0.05) is 19.0 Å². The summed E-state index contributed by atoms with van der Waals surface area (Å²) in [6.07, 6.45) is 0.440. The van der Waals surface area contributed by atoms with Gasteiger partial charge in [0.1, 0.15) is 11.5 Å². The highest BCUT2D eigenvalue weighted by molar-refractivity contribution is 5.99. The number of carbonyl (C=O) groups excluding carboxylic acids is 2. The van der Waals surface area contributed by atoms with Crippen LogP contribution in [0.15, 0.2) is 22.7 Å². The number of benzene rings is 1. The number of hydrogen-bond acceptors (Lipinski definition) is 5. The molecule has 7 nitrogen and oxygen atoms in total. The average molecular weight is 357 g/mol. The molecule has 26 heavy (non-hydrogen) atoms. The predicted molar refractivity (Wildman–Crippen MR) is 97.2 cm³/mol. The van der Waals surface area contributed by atoms with Crippen LogP contribution in [-0.4, -0.2) is 23.6 Å². The van der Waals surface area contributed by atoms with E-state index < -0.39 is 0 Å². The lowest BCUT2D eigenvalue weighted by Crippen LogP contribution is -2.38. The van der Waals surface area contributed by atoms with E-state index in [1.807, 2.05) is 27.7 Å². The van der Waals surface area contributed by atoms with Crippen LogP contribution in [0, 0.1) is 19.8 Å². The van der Waals surface area contributed by atoms with Gasteiger partial charge in [-0.15, -0.1) is 0 Å². The Hall–Kier alpha value is -2.83. The molecular weight excluding hydrogens is 334 g/mol.